The third kappa shape index (κ3) is 4.11. The van der Waals surface area contributed by atoms with Crippen LogP contribution < -0.4 is 0 Å². The van der Waals surface area contributed by atoms with Gasteiger partial charge in [0, 0.05) is 43.0 Å². The van der Waals surface area contributed by atoms with Gasteiger partial charge < -0.3 is 4.90 Å². The zero-order valence-corrected chi connectivity index (χ0v) is 19.3. The highest BCUT2D eigenvalue weighted by atomic mass is 16.2. The summed E-state index contributed by atoms with van der Waals surface area (Å²) in [6, 6.07) is 3.38. The van der Waals surface area contributed by atoms with E-state index in [1.165, 1.54) is 62.7 Å². The highest BCUT2D eigenvalue weighted by molar-refractivity contribution is 5.76. The molecule has 5 rings (SSSR count). The summed E-state index contributed by atoms with van der Waals surface area (Å²) in [6.07, 6.45) is 12.9. The molecule has 6 nitrogen and oxygen atoms in total. The fourth-order valence-corrected chi connectivity index (χ4v) is 6.18. The molecule has 1 atom stereocenters. The predicted octanol–water partition coefficient (Wildman–Crippen LogP) is 4.37. The van der Waals surface area contributed by atoms with Gasteiger partial charge in [-0.05, 0) is 70.9 Å². The third-order valence-corrected chi connectivity index (χ3v) is 7.91. The van der Waals surface area contributed by atoms with Crippen LogP contribution in [0.2, 0.25) is 0 Å². The van der Waals surface area contributed by atoms with Crippen LogP contribution >= 0.6 is 0 Å². The number of carbonyl (C=O) groups is 1. The van der Waals surface area contributed by atoms with Crippen LogP contribution in [-0.4, -0.2) is 56.0 Å². The van der Waals surface area contributed by atoms with E-state index in [0.29, 0.717) is 12.5 Å². The Morgan fingerprint density at radius 2 is 1.77 bits per heavy atom. The SMILES string of the molecule is Cc1nc2cc(C3CCCN3C3CCCCC3)nn2c(C)c1CCC(=O)N1CCCC1. The number of amides is 1. The van der Waals surface area contributed by atoms with Crippen molar-refractivity contribution in [1.29, 1.82) is 0 Å². The first-order chi connectivity index (χ1) is 15.1. The molecule has 6 heteroatoms. The summed E-state index contributed by atoms with van der Waals surface area (Å²) in [5.41, 5.74) is 5.51. The van der Waals surface area contributed by atoms with Gasteiger partial charge in [-0.2, -0.15) is 5.10 Å². The number of hydrogen-bond acceptors (Lipinski definition) is 4. The van der Waals surface area contributed by atoms with Crippen LogP contribution in [0.25, 0.3) is 5.65 Å². The molecule has 1 unspecified atom stereocenters. The average Bonchev–Trinajstić information content (AvgIpc) is 3.53. The lowest BCUT2D eigenvalue weighted by Gasteiger charge is -2.34. The minimum absolute atomic E-state index is 0.284. The number of carbonyl (C=O) groups excluding carboxylic acids is 1. The van der Waals surface area contributed by atoms with Crippen molar-refractivity contribution in [2.45, 2.75) is 96.6 Å². The maximum atomic E-state index is 12.5. The smallest absolute Gasteiger partial charge is 0.222 e. The highest BCUT2D eigenvalue weighted by Gasteiger charge is 2.34. The Labute approximate surface area is 186 Å². The Morgan fingerprint density at radius 1 is 1.00 bits per heavy atom. The van der Waals surface area contributed by atoms with Crippen molar-refractivity contribution in [1.82, 2.24) is 24.4 Å². The molecule has 1 aliphatic carbocycles. The maximum Gasteiger partial charge on any atom is 0.222 e. The quantitative estimate of drug-likeness (QED) is 0.717. The van der Waals surface area contributed by atoms with Crippen LogP contribution in [0.5, 0.6) is 0 Å². The number of rotatable bonds is 5. The van der Waals surface area contributed by atoms with Crippen molar-refractivity contribution in [3.05, 3.63) is 28.7 Å². The van der Waals surface area contributed by atoms with Crippen molar-refractivity contribution in [2.24, 2.45) is 0 Å². The number of aromatic nitrogens is 3. The first-order valence-corrected chi connectivity index (χ1v) is 12.5. The van der Waals surface area contributed by atoms with Crippen molar-refractivity contribution in [3.63, 3.8) is 0 Å². The van der Waals surface area contributed by atoms with Gasteiger partial charge in [0.2, 0.25) is 5.91 Å². The molecule has 31 heavy (non-hydrogen) atoms. The summed E-state index contributed by atoms with van der Waals surface area (Å²) < 4.78 is 2.04. The molecule has 2 aromatic rings. The molecule has 2 saturated heterocycles. The second kappa shape index (κ2) is 8.89. The number of aryl methyl sites for hydroxylation is 2. The molecule has 1 amide bonds. The van der Waals surface area contributed by atoms with E-state index in [9.17, 15) is 4.79 Å². The molecular weight excluding hydrogens is 386 g/mol. The first kappa shape index (κ1) is 20.9. The van der Waals surface area contributed by atoms with Gasteiger partial charge in [0.15, 0.2) is 5.65 Å². The minimum Gasteiger partial charge on any atom is -0.343 e. The Kier molecular flexibility index (Phi) is 6.00. The van der Waals surface area contributed by atoms with Gasteiger partial charge in [0.05, 0.1) is 11.7 Å². The molecule has 2 aromatic heterocycles. The second-order valence-electron chi connectivity index (χ2n) is 9.88. The lowest BCUT2D eigenvalue weighted by Crippen LogP contribution is -2.36. The predicted molar refractivity (Wildman–Crippen MR) is 122 cm³/mol. The molecule has 4 heterocycles. The van der Waals surface area contributed by atoms with E-state index in [-0.39, 0.29) is 5.91 Å². The van der Waals surface area contributed by atoms with Gasteiger partial charge in [-0.15, -0.1) is 0 Å². The molecule has 0 spiro atoms. The second-order valence-corrected chi connectivity index (χ2v) is 9.88. The molecule has 3 aliphatic rings. The molecule has 0 aromatic carbocycles. The number of hydrogen-bond donors (Lipinski definition) is 0. The van der Waals surface area contributed by atoms with Crippen LogP contribution in [0.15, 0.2) is 6.07 Å². The van der Waals surface area contributed by atoms with Crippen molar-refractivity contribution in [3.8, 4) is 0 Å². The molecule has 168 valence electrons. The van der Waals surface area contributed by atoms with Crippen molar-refractivity contribution < 1.29 is 4.79 Å². The Morgan fingerprint density at radius 3 is 2.55 bits per heavy atom. The van der Waals surface area contributed by atoms with E-state index in [1.807, 2.05) is 9.42 Å². The van der Waals surface area contributed by atoms with Gasteiger partial charge in [0.1, 0.15) is 0 Å². The first-order valence-electron chi connectivity index (χ1n) is 12.5. The van der Waals surface area contributed by atoms with Crippen LogP contribution in [-0.2, 0) is 11.2 Å². The van der Waals surface area contributed by atoms with Crippen molar-refractivity contribution >= 4 is 11.6 Å². The van der Waals surface area contributed by atoms with E-state index in [4.69, 9.17) is 10.1 Å². The molecular formula is C25H37N5O. The van der Waals surface area contributed by atoms with Crippen LogP contribution in [0, 0.1) is 13.8 Å². The minimum atomic E-state index is 0.284. The summed E-state index contributed by atoms with van der Waals surface area (Å²) in [5, 5.41) is 5.06. The number of nitrogens with zero attached hydrogens (tertiary/aromatic N) is 5. The molecule has 2 aliphatic heterocycles. The summed E-state index contributed by atoms with van der Waals surface area (Å²) in [7, 11) is 0. The fraction of sp³-hybridized carbons (Fsp3) is 0.720. The monoisotopic (exact) mass is 423 g/mol. The van der Waals surface area contributed by atoms with Crippen LogP contribution in [0.3, 0.4) is 0 Å². The summed E-state index contributed by atoms with van der Waals surface area (Å²) in [5.74, 6) is 0.284. The van der Waals surface area contributed by atoms with Crippen LogP contribution in [0.4, 0.5) is 0 Å². The summed E-state index contributed by atoms with van der Waals surface area (Å²) in [4.78, 5) is 22.2. The maximum absolute atomic E-state index is 12.5. The Hall–Kier alpha value is -1.95. The standard InChI is InChI=1S/C25H37N5O/c1-18-21(12-13-25(31)28-14-6-7-15-28)19(2)30-24(26-18)17-22(27-30)23-11-8-16-29(23)20-9-4-3-5-10-20/h17,20,23H,3-16H2,1-2H3. The zero-order valence-electron chi connectivity index (χ0n) is 19.3. The van der Waals surface area contributed by atoms with Crippen LogP contribution in [0.1, 0.15) is 92.9 Å². The Balaban J connectivity index is 1.37. The lowest BCUT2D eigenvalue weighted by atomic mass is 9.93. The van der Waals surface area contributed by atoms with Gasteiger partial charge in [-0.1, -0.05) is 19.3 Å². The zero-order chi connectivity index (χ0) is 21.4. The molecule has 3 fully saturated rings. The molecule has 0 radical (unpaired) electrons. The van der Waals surface area contributed by atoms with E-state index >= 15 is 0 Å². The molecule has 0 bridgehead atoms. The van der Waals surface area contributed by atoms with Gasteiger partial charge in [-0.3, -0.25) is 9.69 Å². The highest BCUT2D eigenvalue weighted by Crippen LogP contribution is 2.37. The molecule has 0 N–H and O–H groups in total. The summed E-state index contributed by atoms with van der Waals surface area (Å²) >= 11 is 0. The summed E-state index contributed by atoms with van der Waals surface area (Å²) in [6.45, 7) is 7.28. The van der Waals surface area contributed by atoms with E-state index in [0.717, 1.165) is 55.4 Å². The molecule has 1 saturated carbocycles. The number of likely N-dealkylation sites (tertiary alicyclic amines) is 2. The van der Waals surface area contributed by atoms with Crippen molar-refractivity contribution in [2.75, 3.05) is 19.6 Å². The van der Waals surface area contributed by atoms with Gasteiger partial charge in [0.25, 0.3) is 0 Å². The van der Waals surface area contributed by atoms with Gasteiger partial charge in [-0.25, -0.2) is 9.50 Å². The average molecular weight is 424 g/mol. The number of fused-ring (bicyclic) bond motifs is 1. The topological polar surface area (TPSA) is 53.7 Å². The normalized spacial score (nSPS) is 23.3. The van der Waals surface area contributed by atoms with E-state index in [1.54, 1.807) is 0 Å². The van der Waals surface area contributed by atoms with E-state index < -0.39 is 0 Å². The van der Waals surface area contributed by atoms with Gasteiger partial charge >= 0.3 is 0 Å². The largest absolute Gasteiger partial charge is 0.343 e. The fourth-order valence-electron chi connectivity index (χ4n) is 6.18. The lowest BCUT2D eigenvalue weighted by molar-refractivity contribution is -0.130. The Bertz CT molecular complexity index is 939. The third-order valence-electron chi connectivity index (χ3n) is 7.91. The van der Waals surface area contributed by atoms with E-state index in [2.05, 4.69) is 24.8 Å².